The lowest BCUT2D eigenvalue weighted by Crippen LogP contribution is -2.11. The maximum Gasteiger partial charge on any atom is 0.235 e. The number of benzene rings is 2. The fourth-order valence-electron chi connectivity index (χ4n) is 3.35. The van der Waals surface area contributed by atoms with Crippen molar-refractivity contribution < 1.29 is 9.15 Å². The van der Waals surface area contributed by atoms with Gasteiger partial charge in [-0.05, 0) is 61.4 Å². The lowest BCUT2D eigenvalue weighted by Gasteiger charge is -2.12. The number of hydrogen-bond donors (Lipinski definition) is 0. The lowest BCUT2D eigenvalue weighted by atomic mass is 10.0. The summed E-state index contributed by atoms with van der Waals surface area (Å²) in [5.74, 6) is 0.554. The van der Waals surface area contributed by atoms with E-state index in [1.54, 1.807) is 23.5 Å². The molecule has 5 nitrogen and oxygen atoms in total. The summed E-state index contributed by atoms with van der Waals surface area (Å²) in [7, 11) is 0. The molecule has 2 aromatic carbocycles. The minimum atomic E-state index is -0.203. The molecule has 0 N–H and O–H groups in total. The van der Waals surface area contributed by atoms with E-state index in [2.05, 4.69) is 4.98 Å². The topological polar surface area (TPSA) is 56.7 Å². The van der Waals surface area contributed by atoms with Crippen LogP contribution >= 0.6 is 22.9 Å². The van der Waals surface area contributed by atoms with E-state index in [0.29, 0.717) is 21.8 Å². The molecule has 0 radical (unpaired) electrons. The van der Waals surface area contributed by atoms with Crippen molar-refractivity contribution in [3.8, 4) is 17.1 Å². The average molecular weight is 437 g/mol. The van der Waals surface area contributed by atoms with E-state index < -0.39 is 0 Å². The molecule has 0 aliphatic rings. The number of nitrogens with zero attached hydrogens (tertiary/aromatic N) is 2. The zero-order chi connectivity index (χ0) is 20.8. The van der Waals surface area contributed by atoms with Crippen molar-refractivity contribution in [3.05, 3.63) is 86.2 Å². The molecule has 0 amide bonds. The molecule has 30 heavy (non-hydrogen) atoms. The number of aryl methyl sites for hydroxylation is 2. The van der Waals surface area contributed by atoms with Crippen molar-refractivity contribution in [3.63, 3.8) is 0 Å². The Morgan fingerprint density at radius 3 is 2.70 bits per heavy atom. The number of imidazole rings is 1. The molecule has 5 rings (SSSR count). The Morgan fingerprint density at radius 2 is 1.93 bits per heavy atom. The van der Waals surface area contributed by atoms with Gasteiger partial charge in [0.25, 0.3) is 0 Å². The number of aromatic nitrogens is 2. The Morgan fingerprint density at radius 1 is 1.17 bits per heavy atom. The van der Waals surface area contributed by atoms with E-state index in [0.717, 1.165) is 27.3 Å². The fourth-order valence-corrected chi connectivity index (χ4v) is 4.19. The first-order valence-corrected chi connectivity index (χ1v) is 10.6. The minimum Gasteiger partial charge on any atom is -0.480 e. The quantitative estimate of drug-likeness (QED) is 0.345. The monoisotopic (exact) mass is 436 g/mol. The summed E-state index contributed by atoms with van der Waals surface area (Å²) >= 11 is 7.58. The van der Waals surface area contributed by atoms with E-state index >= 15 is 0 Å². The van der Waals surface area contributed by atoms with E-state index in [1.807, 2.05) is 60.3 Å². The molecule has 3 heterocycles. The van der Waals surface area contributed by atoms with Crippen molar-refractivity contribution in [1.29, 1.82) is 0 Å². The van der Waals surface area contributed by atoms with Gasteiger partial charge in [0.05, 0.1) is 11.1 Å². The molecule has 7 heteroatoms. The van der Waals surface area contributed by atoms with Crippen LogP contribution < -0.4 is 10.2 Å². The highest BCUT2D eigenvalue weighted by Crippen LogP contribution is 2.33. The largest absolute Gasteiger partial charge is 0.480 e. The molecule has 0 spiro atoms. The van der Waals surface area contributed by atoms with Crippen LogP contribution in [0.15, 0.2) is 63.4 Å². The van der Waals surface area contributed by atoms with Gasteiger partial charge in [-0.3, -0.25) is 9.20 Å². The summed E-state index contributed by atoms with van der Waals surface area (Å²) in [6.07, 6.45) is 3.83. The summed E-state index contributed by atoms with van der Waals surface area (Å²) in [5, 5.41) is 3.07. The molecular formula is C23H17ClN2O3S. The Balaban J connectivity index is 1.64. The van der Waals surface area contributed by atoms with Gasteiger partial charge in [0.2, 0.25) is 11.2 Å². The summed E-state index contributed by atoms with van der Waals surface area (Å²) < 4.78 is 14.1. The average Bonchev–Trinajstić information content (AvgIpc) is 3.31. The molecule has 150 valence electrons. The van der Waals surface area contributed by atoms with Gasteiger partial charge in [0.15, 0.2) is 10.7 Å². The highest BCUT2D eigenvalue weighted by molar-refractivity contribution is 7.15. The van der Waals surface area contributed by atoms with Crippen LogP contribution in [0.3, 0.4) is 0 Å². The number of fused-ring (bicyclic) bond motifs is 2. The number of hydrogen-bond acceptors (Lipinski definition) is 5. The van der Waals surface area contributed by atoms with Crippen LogP contribution in [-0.2, 0) is 6.61 Å². The van der Waals surface area contributed by atoms with Crippen molar-refractivity contribution in [2.75, 3.05) is 0 Å². The zero-order valence-corrected chi connectivity index (χ0v) is 17.9. The Bertz CT molecular complexity index is 1420. The van der Waals surface area contributed by atoms with E-state index in [4.69, 9.17) is 20.8 Å². The molecule has 0 fully saturated rings. The number of halogens is 1. The smallest absolute Gasteiger partial charge is 0.235 e. The number of ether oxygens (including phenoxy) is 1. The van der Waals surface area contributed by atoms with Gasteiger partial charge in [-0.2, -0.15) is 0 Å². The van der Waals surface area contributed by atoms with E-state index in [-0.39, 0.29) is 17.8 Å². The van der Waals surface area contributed by atoms with Gasteiger partial charge in [0, 0.05) is 28.4 Å². The summed E-state index contributed by atoms with van der Waals surface area (Å²) in [6, 6.07) is 10.9. The number of thiazole rings is 1. The second-order valence-corrected chi connectivity index (χ2v) is 8.45. The molecule has 0 aliphatic heterocycles. The van der Waals surface area contributed by atoms with Crippen LogP contribution in [0.5, 0.6) is 5.75 Å². The first-order valence-electron chi connectivity index (χ1n) is 9.37. The van der Waals surface area contributed by atoms with Crippen LogP contribution in [0.1, 0.15) is 16.8 Å². The van der Waals surface area contributed by atoms with Crippen molar-refractivity contribution >= 4 is 38.9 Å². The molecule has 5 aromatic rings. The van der Waals surface area contributed by atoms with E-state index in [9.17, 15) is 4.79 Å². The summed E-state index contributed by atoms with van der Waals surface area (Å²) in [6.45, 7) is 4.13. The summed E-state index contributed by atoms with van der Waals surface area (Å²) in [5.41, 5.74) is 3.86. The zero-order valence-electron chi connectivity index (χ0n) is 16.3. The third-order valence-corrected chi connectivity index (χ3v) is 6.10. The third-order valence-electron chi connectivity index (χ3n) is 5.08. The molecule has 0 bridgehead atoms. The highest BCUT2D eigenvalue weighted by Gasteiger charge is 2.19. The van der Waals surface area contributed by atoms with Gasteiger partial charge in [-0.15, -0.1) is 11.3 Å². The molecule has 0 saturated heterocycles. The predicted molar refractivity (Wildman–Crippen MR) is 120 cm³/mol. The van der Waals surface area contributed by atoms with Crippen molar-refractivity contribution in [2.24, 2.45) is 0 Å². The lowest BCUT2D eigenvalue weighted by molar-refractivity contribution is 0.294. The van der Waals surface area contributed by atoms with Gasteiger partial charge >= 0.3 is 0 Å². The van der Waals surface area contributed by atoms with Crippen LogP contribution in [0.2, 0.25) is 5.02 Å². The first kappa shape index (κ1) is 18.9. The maximum absolute atomic E-state index is 13.4. The van der Waals surface area contributed by atoms with Crippen LogP contribution in [0.25, 0.3) is 27.3 Å². The summed E-state index contributed by atoms with van der Waals surface area (Å²) in [4.78, 5) is 18.8. The third kappa shape index (κ3) is 3.28. The maximum atomic E-state index is 13.4. The Labute approximate surface area is 181 Å². The molecule has 0 atom stereocenters. The van der Waals surface area contributed by atoms with Gasteiger partial charge < -0.3 is 9.15 Å². The second-order valence-electron chi connectivity index (χ2n) is 7.14. The molecule has 0 unspecified atom stereocenters. The fraction of sp³-hybridized carbons (Fsp3) is 0.130. The second kappa shape index (κ2) is 7.31. The Kier molecular flexibility index (Phi) is 4.60. The SMILES string of the molecule is Cc1cc2oc(-c3ccc(Cl)cc3)c(OCc3cn4ccsc4n3)c(=O)c2cc1C. The molecule has 3 aromatic heterocycles. The normalized spacial score (nSPS) is 11.4. The first-order chi connectivity index (χ1) is 14.5. The van der Waals surface area contributed by atoms with Gasteiger partial charge in [-0.25, -0.2) is 4.98 Å². The van der Waals surface area contributed by atoms with Crippen LogP contribution in [-0.4, -0.2) is 9.38 Å². The molecule has 0 aliphatic carbocycles. The van der Waals surface area contributed by atoms with Crippen LogP contribution in [0, 0.1) is 13.8 Å². The predicted octanol–water partition coefficient (Wildman–Crippen LogP) is 6.02. The minimum absolute atomic E-state index is 0.163. The van der Waals surface area contributed by atoms with E-state index in [1.165, 1.54) is 0 Å². The molecule has 0 saturated carbocycles. The highest BCUT2D eigenvalue weighted by atomic mass is 35.5. The van der Waals surface area contributed by atoms with Crippen molar-refractivity contribution in [1.82, 2.24) is 9.38 Å². The number of rotatable bonds is 4. The standard InChI is InChI=1S/C23H17ClN2O3S/c1-13-9-18-19(10-14(13)2)29-21(15-3-5-16(24)6-4-15)22(20(18)27)28-12-17-11-26-7-8-30-23(26)25-17/h3-11H,12H2,1-2H3. The van der Waals surface area contributed by atoms with Gasteiger partial charge in [-0.1, -0.05) is 11.6 Å². The van der Waals surface area contributed by atoms with Crippen molar-refractivity contribution in [2.45, 2.75) is 20.5 Å². The Hall–Kier alpha value is -3.09. The molecular weight excluding hydrogens is 420 g/mol. The van der Waals surface area contributed by atoms with Gasteiger partial charge in [0.1, 0.15) is 12.2 Å². The van der Waals surface area contributed by atoms with Crippen LogP contribution in [0.4, 0.5) is 0 Å².